The van der Waals surface area contributed by atoms with Crippen molar-refractivity contribution >= 4 is 43.7 Å². The molecule has 2 aromatic heterocycles. The van der Waals surface area contributed by atoms with E-state index in [-0.39, 0.29) is 12.3 Å². The van der Waals surface area contributed by atoms with E-state index in [1.807, 2.05) is 0 Å². The maximum atomic E-state index is 11.9. The molecule has 1 aromatic carbocycles. The van der Waals surface area contributed by atoms with Crippen LogP contribution in [0.4, 0.5) is 0 Å². The van der Waals surface area contributed by atoms with E-state index in [4.69, 9.17) is 14.6 Å². The van der Waals surface area contributed by atoms with Crippen molar-refractivity contribution in [2.24, 2.45) is 5.73 Å². The minimum atomic E-state index is -0.163. The molecule has 0 amide bonds. The van der Waals surface area contributed by atoms with Crippen LogP contribution in [0.5, 0.6) is 0 Å². The molecule has 2 N–H and O–H groups in total. The van der Waals surface area contributed by atoms with Gasteiger partial charge >= 0.3 is 0 Å². The van der Waals surface area contributed by atoms with Gasteiger partial charge in [-0.3, -0.25) is 4.79 Å². The molecule has 0 aliphatic rings. The molecule has 0 saturated heterocycles. The first-order valence-corrected chi connectivity index (χ1v) is 5.82. The Kier molecular flexibility index (Phi) is 2.31. The Hall–Kier alpha value is -1.59. The van der Waals surface area contributed by atoms with Gasteiger partial charge in [0.2, 0.25) is 0 Å². The first kappa shape index (κ1) is 10.6. The summed E-state index contributed by atoms with van der Waals surface area (Å²) < 4.78 is 11.5. The first-order valence-electron chi connectivity index (χ1n) is 5.03. The lowest BCUT2D eigenvalue weighted by molar-refractivity contribution is 0.100. The fraction of sp³-hybridized carbons (Fsp3) is 0.0833. The van der Waals surface area contributed by atoms with E-state index in [2.05, 4.69) is 15.9 Å². The Bertz CT molecular complexity index is 674. The van der Waals surface area contributed by atoms with Gasteiger partial charge in [0.1, 0.15) is 11.2 Å². The van der Waals surface area contributed by atoms with Crippen molar-refractivity contribution in [2.75, 3.05) is 6.54 Å². The van der Waals surface area contributed by atoms with Crippen molar-refractivity contribution in [3.63, 3.8) is 0 Å². The van der Waals surface area contributed by atoms with Gasteiger partial charge in [0, 0.05) is 10.8 Å². The fourth-order valence-electron chi connectivity index (χ4n) is 1.98. The van der Waals surface area contributed by atoms with Crippen molar-refractivity contribution in [3.8, 4) is 0 Å². The number of fused-ring (bicyclic) bond motifs is 2. The second-order valence-corrected chi connectivity index (χ2v) is 4.44. The quantitative estimate of drug-likeness (QED) is 0.737. The van der Waals surface area contributed by atoms with Crippen LogP contribution in [-0.2, 0) is 0 Å². The molecule has 4 nitrogen and oxygen atoms in total. The third-order valence-electron chi connectivity index (χ3n) is 2.73. The summed E-state index contributed by atoms with van der Waals surface area (Å²) in [6.07, 6.45) is 3.09. The molecule has 0 aliphatic carbocycles. The maximum absolute atomic E-state index is 11.9. The smallest absolute Gasteiger partial charge is 0.180 e. The van der Waals surface area contributed by atoms with Crippen molar-refractivity contribution in [1.82, 2.24) is 0 Å². The predicted molar refractivity (Wildman–Crippen MR) is 67.1 cm³/mol. The summed E-state index contributed by atoms with van der Waals surface area (Å²) in [4.78, 5) is 11.9. The summed E-state index contributed by atoms with van der Waals surface area (Å²) in [5, 5.41) is 1.53. The second-order valence-electron chi connectivity index (χ2n) is 3.64. The van der Waals surface area contributed by atoms with Crippen LogP contribution >= 0.6 is 15.9 Å². The van der Waals surface area contributed by atoms with Crippen LogP contribution in [-0.4, -0.2) is 12.3 Å². The summed E-state index contributed by atoms with van der Waals surface area (Å²) in [5.74, 6) is -0.163. The Balaban J connectivity index is 2.57. The van der Waals surface area contributed by atoms with Gasteiger partial charge in [-0.1, -0.05) is 0 Å². The lowest BCUT2D eigenvalue weighted by Gasteiger charge is -2.03. The molecule has 5 heteroatoms. The van der Waals surface area contributed by atoms with Crippen molar-refractivity contribution < 1.29 is 13.6 Å². The van der Waals surface area contributed by atoms with Crippen LogP contribution in [0.2, 0.25) is 0 Å². The zero-order chi connectivity index (χ0) is 12.0. The number of furan rings is 2. The van der Waals surface area contributed by atoms with E-state index in [0.717, 1.165) is 15.2 Å². The number of carbonyl (C=O) groups is 1. The molecule has 0 atom stereocenters. The molecule has 3 aromatic rings. The first-order chi connectivity index (χ1) is 8.24. The van der Waals surface area contributed by atoms with Crippen LogP contribution in [0.15, 0.2) is 38.0 Å². The van der Waals surface area contributed by atoms with E-state index in [1.54, 1.807) is 24.7 Å². The normalized spacial score (nSPS) is 11.4. The van der Waals surface area contributed by atoms with Crippen LogP contribution in [0.3, 0.4) is 0 Å². The summed E-state index contributed by atoms with van der Waals surface area (Å²) in [6, 6.07) is 3.53. The number of halogens is 1. The van der Waals surface area contributed by atoms with E-state index in [1.165, 1.54) is 0 Å². The molecule has 0 saturated carbocycles. The van der Waals surface area contributed by atoms with Crippen LogP contribution < -0.4 is 5.73 Å². The third kappa shape index (κ3) is 1.36. The number of Topliss-reactive ketones (excluding diaryl/α,β-unsaturated/α-hetero) is 1. The Morgan fingerprint density at radius 3 is 2.53 bits per heavy atom. The van der Waals surface area contributed by atoms with Crippen LogP contribution in [0, 0.1) is 0 Å². The molecule has 0 unspecified atom stereocenters. The molecule has 86 valence electrons. The van der Waals surface area contributed by atoms with Gasteiger partial charge in [-0.05, 0) is 28.1 Å². The second kappa shape index (κ2) is 3.72. The number of ketones is 1. The number of benzene rings is 1. The zero-order valence-electron chi connectivity index (χ0n) is 8.70. The highest BCUT2D eigenvalue weighted by Gasteiger charge is 2.21. The van der Waals surface area contributed by atoms with E-state index >= 15 is 0 Å². The highest BCUT2D eigenvalue weighted by atomic mass is 79.9. The number of hydrogen-bond acceptors (Lipinski definition) is 4. The summed E-state index contributed by atoms with van der Waals surface area (Å²) in [7, 11) is 0. The van der Waals surface area contributed by atoms with Crippen molar-refractivity contribution in [3.05, 3.63) is 34.7 Å². The van der Waals surface area contributed by atoms with Crippen molar-refractivity contribution in [2.45, 2.75) is 0 Å². The molecule has 0 spiro atoms. The molecular formula is C12H8BrNO3. The number of nitrogens with two attached hydrogens (primary N) is 1. The van der Waals surface area contributed by atoms with Crippen LogP contribution in [0.25, 0.3) is 21.9 Å². The number of rotatable bonds is 2. The average Bonchev–Trinajstić information content (AvgIpc) is 2.96. The maximum Gasteiger partial charge on any atom is 0.180 e. The molecule has 0 fully saturated rings. The molecule has 0 aliphatic heterocycles. The van der Waals surface area contributed by atoms with Gasteiger partial charge in [-0.25, -0.2) is 0 Å². The Morgan fingerprint density at radius 2 is 1.82 bits per heavy atom. The summed E-state index contributed by atoms with van der Waals surface area (Å²) in [6.45, 7) is -0.0578. The summed E-state index contributed by atoms with van der Waals surface area (Å²) in [5.41, 5.74) is 7.09. The molecule has 2 heterocycles. The Labute approximate surface area is 104 Å². The molecule has 0 bridgehead atoms. The lowest BCUT2D eigenvalue weighted by atomic mass is 10.0. The standard InChI is InChI=1S/C12H8BrNO3/c13-10-7-2-4-16-11(7)9(8(15)5-14)6-1-3-17-12(6)10/h1-4H,5,14H2. The van der Waals surface area contributed by atoms with Crippen LogP contribution in [0.1, 0.15) is 10.4 Å². The number of hydrogen-bond donors (Lipinski definition) is 1. The predicted octanol–water partition coefficient (Wildman–Crippen LogP) is 3.08. The van der Waals surface area contributed by atoms with Gasteiger partial charge in [0.25, 0.3) is 0 Å². The van der Waals surface area contributed by atoms with Gasteiger partial charge < -0.3 is 14.6 Å². The molecule has 3 rings (SSSR count). The topological polar surface area (TPSA) is 69.4 Å². The Morgan fingerprint density at radius 1 is 1.18 bits per heavy atom. The fourth-order valence-corrected chi connectivity index (χ4v) is 2.59. The third-order valence-corrected chi connectivity index (χ3v) is 3.51. The SMILES string of the molecule is NCC(=O)c1c2ccoc2c(Br)c2ccoc12. The molecule has 0 radical (unpaired) electrons. The van der Waals surface area contributed by atoms with Gasteiger partial charge in [-0.2, -0.15) is 0 Å². The highest BCUT2D eigenvalue weighted by molar-refractivity contribution is 9.10. The molecular weight excluding hydrogens is 286 g/mol. The van der Waals surface area contributed by atoms with Gasteiger partial charge in [0.15, 0.2) is 5.78 Å². The van der Waals surface area contributed by atoms with Gasteiger partial charge in [-0.15, -0.1) is 0 Å². The van der Waals surface area contributed by atoms with Gasteiger partial charge in [0.05, 0.1) is 29.1 Å². The van der Waals surface area contributed by atoms with E-state index in [9.17, 15) is 4.79 Å². The van der Waals surface area contributed by atoms with E-state index in [0.29, 0.717) is 16.7 Å². The highest BCUT2D eigenvalue weighted by Crippen LogP contribution is 2.37. The largest absolute Gasteiger partial charge is 0.464 e. The summed E-state index contributed by atoms with van der Waals surface area (Å²) >= 11 is 3.45. The zero-order valence-corrected chi connectivity index (χ0v) is 10.3. The number of carbonyl (C=O) groups excluding carboxylic acids is 1. The average molecular weight is 294 g/mol. The minimum Gasteiger partial charge on any atom is -0.464 e. The molecule has 17 heavy (non-hydrogen) atoms. The monoisotopic (exact) mass is 293 g/mol. The lowest BCUT2D eigenvalue weighted by Crippen LogP contribution is -2.14. The van der Waals surface area contributed by atoms with Crippen molar-refractivity contribution in [1.29, 1.82) is 0 Å². The van der Waals surface area contributed by atoms with E-state index < -0.39 is 0 Å². The minimum absolute atomic E-state index is 0.0578.